The first kappa shape index (κ1) is 70.5. The zero-order valence-electron chi connectivity index (χ0n) is 66.1. The molecule has 22 aromatic rings. The quantitative estimate of drug-likeness (QED) is 0.0965. The zero-order valence-corrected chi connectivity index (χ0v) is 66.1. The van der Waals surface area contributed by atoms with Crippen LogP contribution >= 0.6 is 0 Å². The van der Waals surface area contributed by atoms with E-state index in [0.29, 0.717) is 0 Å². The monoisotopic (exact) mass is 1540 g/mol. The third-order valence-electron chi connectivity index (χ3n) is 25.0. The minimum absolute atomic E-state index is 0.650. The van der Waals surface area contributed by atoms with Gasteiger partial charge in [0.15, 0.2) is 0 Å². The molecule has 2 heterocycles. The molecule has 0 spiro atoms. The molecule has 0 fully saturated rings. The molecule has 2 aromatic heterocycles. The maximum absolute atomic E-state index is 7.03. The molecule has 4 nitrogen and oxygen atoms in total. The van der Waals surface area contributed by atoms with Gasteiger partial charge in [-0.2, -0.15) is 0 Å². The summed E-state index contributed by atoms with van der Waals surface area (Å²) in [6.07, 6.45) is 0. The van der Waals surface area contributed by atoms with E-state index in [9.17, 15) is 0 Å². The Morgan fingerprint density at radius 3 is 1.06 bits per heavy atom. The molecule has 0 unspecified atom stereocenters. The summed E-state index contributed by atoms with van der Waals surface area (Å²) in [5.41, 5.74) is 34.0. The van der Waals surface area contributed by atoms with Gasteiger partial charge in [0.2, 0.25) is 0 Å². The van der Waals surface area contributed by atoms with Crippen LogP contribution in [0.3, 0.4) is 0 Å². The maximum atomic E-state index is 7.03. The third-order valence-corrected chi connectivity index (χ3v) is 25.0. The smallest absolute Gasteiger partial charge is 0.143 e. The van der Waals surface area contributed by atoms with E-state index in [4.69, 9.17) is 8.83 Å². The van der Waals surface area contributed by atoms with Crippen LogP contribution in [-0.4, -0.2) is 0 Å². The van der Waals surface area contributed by atoms with E-state index in [0.717, 1.165) is 145 Å². The van der Waals surface area contributed by atoms with Crippen molar-refractivity contribution < 1.29 is 8.83 Å². The molecule has 0 N–H and O–H groups in total. The van der Waals surface area contributed by atoms with Crippen LogP contribution in [0.4, 0.5) is 34.1 Å². The highest BCUT2D eigenvalue weighted by atomic mass is 16.3. The van der Waals surface area contributed by atoms with Crippen LogP contribution in [0.5, 0.6) is 0 Å². The van der Waals surface area contributed by atoms with Crippen molar-refractivity contribution in [3.05, 3.63) is 483 Å². The van der Waals surface area contributed by atoms with E-state index in [1.807, 2.05) is 6.07 Å². The predicted molar refractivity (Wildman–Crippen MR) is 506 cm³/mol. The van der Waals surface area contributed by atoms with Gasteiger partial charge in [0.1, 0.15) is 22.3 Å². The van der Waals surface area contributed by atoms with Gasteiger partial charge in [0.25, 0.3) is 0 Å². The van der Waals surface area contributed by atoms with Crippen LogP contribution in [0.2, 0.25) is 0 Å². The summed E-state index contributed by atoms with van der Waals surface area (Å²) in [6, 6.07) is 169. The molecular weight excluding hydrogens is 1470 g/mol. The van der Waals surface area contributed by atoms with E-state index in [1.54, 1.807) is 0 Å². The fraction of sp³-hybridized carbons (Fsp3) is 0.00855. The number of hydrogen-bond acceptors (Lipinski definition) is 4. The van der Waals surface area contributed by atoms with E-state index < -0.39 is 5.41 Å². The molecule has 0 aliphatic heterocycles. The van der Waals surface area contributed by atoms with Crippen molar-refractivity contribution in [3.8, 4) is 100 Å². The lowest BCUT2D eigenvalue weighted by Crippen LogP contribution is -2.28. The van der Waals surface area contributed by atoms with Gasteiger partial charge in [0, 0.05) is 66.5 Å². The number of anilines is 6. The van der Waals surface area contributed by atoms with E-state index in [-0.39, 0.29) is 0 Å². The summed E-state index contributed by atoms with van der Waals surface area (Å²) in [4.78, 5) is 4.90. The van der Waals surface area contributed by atoms with Gasteiger partial charge in [-0.25, -0.2) is 0 Å². The average molecular weight is 1540 g/mol. The topological polar surface area (TPSA) is 32.8 Å². The second-order valence-electron chi connectivity index (χ2n) is 31.7. The first-order valence-corrected chi connectivity index (χ1v) is 41.6. The highest BCUT2D eigenvalue weighted by Gasteiger charge is 2.46. The van der Waals surface area contributed by atoms with Crippen molar-refractivity contribution in [3.63, 3.8) is 0 Å². The molecule has 0 radical (unpaired) electrons. The Kier molecular flexibility index (Phi) is 17.1. The Hall–Kier alpha value is -15.9. The van der Waals surface area contributed by atoms with Gasteiger partial charge in [-0.1, -0.05) is 388 Å². The summed E-state index contributed by atoms with van der Waals surface area (Å²) in [6.45, 7) is 0. The van der Waals surface area contributed by atoms with Gasteiger partial charge in [-0.15, -0.1) is 0 Å². The normalized spacial score (nSPS) is 12.2. The van der Waals surface area contributed by atoms with Crippen molar-refractivity contribution in [2.45, 2.75) is 5.41 Å². The first-order chi connectivity index (χ1) is 60.0. The standard InChI is InChI=1S/C117H76N2O2/c1-3-29-89(30-4-1)117(90-31-5-2-6-32-90)109-46-15-11-36-99(109)100-73-71-94(76-110(100)117)119(92-69-64-80(65-70-92)78-54-58-85(59-55-78)97-40-20-26-83-24-7-9-34-95(83)97)112-75-88(66-72-102(112)106-43-23-45-108-104-39-14-18-49-114(104)121-116(106)108)82-52-50-77(51-53-82)79-62-67-91(68-63-79)118(111-47-16-12-37-101(111)105-42-22-44-107-103-38-13-17-48-113(103)120-115(105)107)93-33-19-28-87(74-93)81-56-60-86(61-57-81)98-41-21-27-84-25-8-10-35-96(84)98/h1-76H. The lowest BCUT2D eigenvalue weighted by molar-refractivity contribution is 0.669. The summed E-state index contributed by atoms with van der Waals surface area (Å²) in [5.74, 6) is 0. The maximum Gasteiger partial charge on any atom is 0.143 e. The molecule has 1 aliphatic rings. The number of furan rings is 2. The Morgan fingerprint density at radius 2 is 0.512 bits per heavy atom. The van der Waals surface area contributed by atoms with Crippen molar-refractivity contribution in [1.29, 1.82) is 0 Å². The van der Waals surface area contributed by atoms with Crippen LogP contribution < -0.4 is 9.80 Å². The molecule has 4 heteroatoms. The van der Waals surface area contributed by atoms with Crippen LogP contribution in [-0.2, 0) is 5.41 Å². The van der Waals surface area contributed by atoms with Gasteiger partial charge in [-0.05, 0) is 194 Å². The van der Waals surface area contributed by atoms with E-state index in [1.165, 1.54) is 77.2 Å². The molecule has 566 valence electrons. The van der Waals surface area contributed by atoms with E-state index in [2.05, 4.69) is 465 Å². The summed E-state index contributed by atoms with van der Waals surface area (Å²) in [7, 11) is 0. The second kappa shape index (κ2) is 29.4. The van der Waals surface area contributed by atoms with Crippen LogP contribution in [0.1, 0.15) is 22.3 Å². The lowest BCUT2D eigenvalue weighted by Gasteiger charge is -2.35. The molecule has 1 aliphatic carbocycles. The molecule has 121 heavy (non-hydrogen) atoms. The lowest BCUT2D eigenvalue weighted by atomic mass is 9.67. The van der Waals surface area contributed by atoms with Crippen LogP contribution in [0.15, 0.2) is 470 Å². The SMILES string of the molecule is c1ccc(C2(c3ccccc3)c3ccccc3-c3ccc(N(c4ccc(-c5ccc(-c6cccc7ccccc67)cc5)cc4)c4cc(-c5ccc(-c6ccc(N(c7cccc(-c8ccc(-c9cccc%10ccccc9%10)cc8)c7)c7ccccc7-c7cccc8c7oc7ccccc78)cc6)cc5)ccc4-c4cccc5c4oc4ccccc45)cc32)cc1. The fourth-order valence-corrected chi connectivity index (χ4v) is 19.3. The minimum Gasteiger partial charge on any atom is -0.455 e. The summed E-state index contributed by atoms with van der Waals surface area (Å²) >= 11 is 0. The number of fused-ring (bicyclic) bond motifs is 11. The van der Waals surface area contributed by atoms with Crippen molar-refractivity contribution >= 4 is 99.5 Å². The van der Waals surface area contributed by atoms with Crippen LogP contribution in [0, 0.1) is 0 Å². The minimum atomic E-state index is -0.650. The Morgan fingerprint density at radius 1 is 0.174 bits per heavy atom. The highest BCUT2D eigenvalue weighted by molar-refractivity contribution is 6.13. The van der Waals surface area contributed by atoms with Gasteiger partial charge >= 0.3 is 0 Å². The summed E-state index contributed by atoms with van der Waals surface area (Å²) < 4.78 is 13.8. The molecule has 0 atom stereocenters. The number of benzene rings is 20. The molecule has 0 saturated heterocycles. The second-order valence-corrected chi connectivity index (χ2v) is 31.7. The number of nitrogens with zero attached hydrogens (tertiary/aromatic N) is 2. The van der Waals surface area contributed by atoms with Crippen molar-refractivity contribution in [1.82, 2.24) is 0 Å². The van der Waals surface area contributed by atoms with Crippen molar-refractivity contribution in [2.75, 3.05) is 9.80 Å². The first-order valence-electron chi connectivity index (χ1n) is 41.6. The fourth-order valence-electron chi connectivity index (χ4n) is 19.3. The third kappa shape index (κ3) is 12.1. The van der Waals surface area contributed by atoms with Crippen molar-refractivity contribution in [2.24, 2.45) is 0 Å². The number of rotatable bonds is 16. The van der Waals surface area contributed by atoms with E-state index >= 15 is 0 Å². The van der Waals surface area contributed by atoms with Gasteiger partial charge < -0.3 is 18.6 Å². The molecule has 23 rings (SSSR count). The number of hydrogen-bond donors (Lipinski definition) is 0. The Balaban J connectivity index is 0.655. The predicted octanol–water partition coefficient (Wildman–Crippen LogP) is 32.4. The van der Waals surface area contributed by atoms with Gasteiger partial charge in [-0.3, -0.25) is 0 Å². The molecule has 0 amide bonds. The average Bonchev–Trinajstić information content (AvgIpc) is 1.54. The van der Waals surface area contributed by atoms with Gasteiger partial charge in [0.05, 0.1) is 16.8 Å². The summed E-state index contributed by atoms with van der Waals surface area (Å²) in [5, 5.41) is 9.28. The highest BCUT2D eigenvalue weighted by Crippen LogP contribution is 2.59. The molecule has 20 aromatic carbocycles. The Bertz CT molecular complexity index is 7680. The molecular formula is C117H76N2O2. The zero-order chi connectivity index (χ0) is 79.9. The Labute approximate surface area is 702 Å². The number of para-hydroxylation sites is 5. The van der Waals surface area contributed by atoms with Crippen LogP contribution in [0.25, 0.3) is 166 Å². The molecule has 0 bridgehead atoms. The largest absolute Gasteiger partial charge is 0.455 e. The molecule has 0 saturated carbocycles.